The van der Waals surface area contributed by atoms with E-state index in [0.717, 1.165) is 32.8 Å². The molecule has 1 saturated heterocycles. The van der Waals surface area contributed by atoms with Crippen LogP contribution in [-0.4, -0.2) is 75.9 Å². The van der Waals surface area contributed by atoms with Gasteiger partial charge in [-0.2, -0.15) is 0 Å². The first kappa shape index (κ1) is 13.9. The van der Waals surface area contributed by atoms with Crippen molar-refractivity contribution in [2.24, 2.45) is 0 Å². The molecule has 96 valence electrons. The molecule has 1 unspecified atom stereocenters. The lowest BCUT2D eigenvalue weighted by atomic mass is 10.2. The fraction of sp³-hybridized carbons (Fsp3) is 1.00. The summed E-state index contributed by atoms with van der Waals surface area (Å²) in [5.74, 6) is 0. The highest BCUT2D eigenvalue weighted by Gasteiger charge is 2.15. The molecule has 0 aromatic carbocycles. The van der Waals surface area contributed by atoms with E-state index in [1.54, 1.807) is 0 Å². The summed E-state index contributed by atoms with van der Waals surface area (Å²) >= 11 is 0. The summed E-state index contributed by atoms with van der Waals surface area (Å²) in [6, 6.07) is 0.521. The third-order valence-corrected chi connectivity index (χ3v) is 3.00. The van der Waals surface area contributed by atoms with Gasteiger partial charge in [0.2, 0.25) is 0 Å². The summed E-state index contributed by atoms with van der Waals surface area (Å²) < 4.78 is 5.47. The zero-order valence-electron chi connectivity index (χ0n) is 11.0. The van der Waals surface area contributed by atoms with Crippen molar-refractivity contribution in [3.8, 4) is 0 Å². The maximum absolute atomic E-state index is 5.47. The Hall–Kier alpha value is -0.160. The van der Waals surface area contributed by atoms with Gasteiger partial charge in [-0.3, -0.25) is 0 Å². The minimum absolute atomic E-state index is 0.521. The highest BCUT2D eigenvalue weighted by atomic mass is 16.5. The lowest BCUT2D eigenvalue weighted by Crippen LogP contribution is -2.48. The number of morpholine rings is 1. The van der Waals surface area contributed by atoms with Gasteiger partial charge in [0.25, 0.3) is 0 Å². The van der Waals surface area contributed by atoms with Crippen LogP contribution >= 0.6 is 0 Å². The van der Waals surface area contributed by atoms with Gasteiger partial charge in [-0.1, -0.05) is 6.92 Å². The van der Waals surface area contributed by atoms with Crippen LogP contribution in [0.5, 0.6) is 0 Å². The van der Waals surface area contributed by atoms with Crippen molar-refractivity contribution in [3.63, 3.8) is 0 Å². The highest BCUT2D eigenvalue weighted by molar-refractivity contribution is 4.74. The van der Waals surface area contributed by atoms with Crippen LogP contribution in [0.2, 0.25) is 0 Å². The van der Waals surface area contributed by atoms with Gasteiger partial charge in [-0.05, 0) is 40.2 Å². The fourth-order valence-electron chi connectivity index (χ4n) is 2.04. The van der Waals surface area contributed by atoms with Gasteiger partial charge in [0, 0.05) is 19.1 Å². The molecule has 1 aliphatic heterocycles. The minimum Gasteiger partial charge on any atom is -0.378 e. The molecule has 0 amide bonds. The number of rotatable bonds is 7. The maximum atomic E-state index is 5.47. The van der Waals surface area contributed by atoms with Crippen LogP contribution in [0, 0.1) is 0 Å². The summed E-state index contributed by atoms with van der Waals surface area (Å²) in [7, 11) is 4.26. The Labute approximate surface area is 99.9 Å². The quantitative estimate of drug-likeness (QED) is 0.677. The van der Waals surface area contributed by atoms with Crippen molar-refractivity contribution in [1.82, 2.24) is 15.1 Å². The minimum atomic E-state index is 0.521. The summed E-state index contributed by atoms with van der Waals surface area (Å²) in [5, 5.41) is 3.51. The maximum Gasteiger partial charge on any atom is 0.0632 e. The first-order valence-corrected chi connectivity index (χ1v) is 6.40. The third-order valence-electron chi connectivity index (χ3n) is 3.00. The molecule has 4 heteroatoms. The molecular formula is C12H27N3O. The van der Waals surface area contributed by atoms with Gasteiger partial charge in [-0.15, -0.1) is 0 Å². The second kappa shape index (κ2) is 8.01. The van der Waals surface area contributed by atoms with Crippen LogP contribution in [0.25, 0.3) is 0 Å². The van der Waals surface area contributed by atoms with Crippen LogP contribution in [0.15, 0.2) is 0 Å². The van der Waals surface area contributed by atoms with E-state index >= 15 is 0 Å². The van der Waals surface area contributed by atoms with Gasteiger partial charge >= 0.3 is 0 Å². The number of likely N-dealkylation sites (N-methyl/N-ethyl adjacent to an activating group) is 1. The summed E-state index contributed by atoms with van der Waals surface area (Å²) in [6.07, 6.45) is 1.24. The first-order chi connectivity index (χ1) is 7.72. The van der Waals surface area contributed by atoms with E-state index in [-0.39, 0.29) is 0 Å². The summed E-state index contributed by atoms with van der Waals surface area (Å²) in [5.41, 5.74) is 0. The molecule has 1 fully saturated rings. The van der Waals surface area contributed by atoms with Crippen LogP contribution in [0.4, 0.5) is 0 Å². The molecule has 1 atom stereocenters. The standard InChI is InChI=1S/C12H27N3O/c1-4-15(8-5-7-14(2)3)10-12-11-16-9-6-13-12/h12-13H,4-11H2,1-3H3. The number of nitrogens with one attached hydrogen (secondary N) is 1. The van der Waals surface area contributed by atoms with Crippen molar-refractivity contribution < 1.29 is 4.74 Å². The monoisotopic (exact) mass is 229 g/mol. The van der Waals surface area contributed by atoms with Gasteiger partial charge in [0.15, 0.2) is 0 Å². The normalized spacial score (nSPS) is 21.9. The molecule has 1 heterocycles. The molecule has 0 aliphatic carbocycles. The van der Waals surface area contributed by atoms with E-state index < -0.39 is 0 Å². The highest BCUT2D eigenvalue weighted by Crippen LogP contribution is 1.99. The van der Waals surface area contributed by atoms with Crippen LogP contribution in [-0.2, 0) is 4.74 Å². The molecule has 0 saturated carbocycles. The molecule has 0 spiro atoms. The predicted molar refractivity (Wildman–Crippen MR) is 67.9 cm³/mol. The molecule has 0 aromatic rings. The van der Waals surface area contributed by atoms with Gasteiger partial charge < -0.3 is 19.9 Å². The molecule has 1 rings (SSSR count). The SMILES string of the molecule is CCN(CCCN(C)C)CC1COCCN1. The van der Waals surface area contributed by atoms with E-state index in [2.05, 4.69) is 36.1 Å². The molecule has 0 radical (unpaired) electrons. The van der Waals surface area contributed by atoms with Crippen LogP contribution in [0.3, 0.4) is 0 Å². The van der Waals surface area contributed by atoms with Gasteiger partial charge in [0.1, 0.15) is 0 Å². The number of hydrogen-bond donors (Lipinski definition) is 1. The lowest BCUT2D eigenvalue weighted by molar-refractivity contribution is 0.0621. The molecule has 1 N–H and O–H groups in total. The lowest BCUT2D eigenvalue weighted by Gasteiger charge is -2.30. The summed E-state index contributed by atoms with van der Waals surface area (Å²) in [4.78, 5) is 4.76. The van der Waals surface area contributed by atoms with E-state index in [0.29, 0.717) is 6.04 Å². The Kier molecular flexibility index (Phi) is 6.96. The Balaban J connectivity index is 2.14. The number of ether oxygens (including phenoxy) is 1. The predicted octanol–water partition coefficient (Wildman–Crippen LogP) is 0.248. The zero-order chi connectivity index (χ0) is 11.8. The van der Waals surface area contributed by atoms with Crippen LogP contribution < -0.4 is 5.32 Å². The van der Waals surface area contributed by atoms with Gasteiger partial charge in [0.05, 0.1) is 13.2 Å². The van der Waals surface area contributed by atoms with E-state index in [1.807, 2.05) is 0 Å². The Bertz CT molecular complexity index is 170. The molecular weight excluding hydrogens is 202 g/mol. The van der Waals surface area contributed by atoms with Crippen molar-refractivity contribution in [2.75, 3.05) is 60.0 Å². The van der Waals surface area contributed by atoms with E-state index in [1.165, 1.54) is 19.5 Å². The molecule has 16 heavy (non-hydrogen) atoms. The van der Waals surface area contributed by atoms with Crippen molar-refractivity contribution in [2.45, 2.75) is 19.4 Å². The smallest absolute Gasteiger partial charge is 0.0632 e. The number of nitrogens with zero attached hydrogens (tertiary/aromatic N) is 2. The second-order valence-electron chi connectivity index (χ2n) is 4.78. The van der Waals surface area contributed by atoms with E-state index in [4.69, 9.17) is 4.74 Å². The largest absolute Gasteiger partial charge is 0.378 e. The second-order valence-corrected chi connectivity index (χ2v) is 4.78. The zero-order valence-corrected chi connectivity index (χ0v) is 11.0. The molecule has 0 bridgehead atoms. The molecule has 1 aliphatic rings. The van der Waals surface area contributed by atoms with E-state index in [9.17, 15) is 0 Å². The molecule has 4 nitrogen and oxygen atoms in total. The Morgan fingerprint density at radius 3 is 2.69 bits per heavy atom. The Morgan fingerprint density at radius 1 is 1.31 bits per heavy atom. The van der Waals surface area contributed by atoms with Crippen molar-refractivity contribution in [1.29, 1.82) is 0 Å². The average Bonchev–Trinajstić information content (AvgIpc) is 2.28. The Morgan fingerprint density at radius 2 is 2.12 bits per heavy atom. The topological polar surface area (TPSA) is 27.7 Å². The first-order valence-electron chi connectivity index (χ1n) is 6.40. The van der Waals surface area contributed by atoms with Crippen molar-refractivity contribution >= 4 is 0 Å². The molecule has 0 aromatic heterocycles. The van der Waals surface area contributed by atoms with Gasteiger partial charge in [-0.25, -0.2) is 0 Å². The average molecular weight is 229 g/mol. The van der Waals surface area contributed by atoms with Crippen molar-refractivity contribution in [3.05, 3.63) is 0 Å². The third kappa shape index (κ3) is 5.80. The number of hydrogen-bond acceptors (Lipinski definition) is 4. The van der Waals surface area contributed by atoms with Crippen LogP contribution in [0.1, 0.15) is 13.3 Å². The summed E-state index contributed by atoms with van der Waals surface area (Å²) in [6.45, 7) is 9.57. The fourth-order valence-corrected chi connectivity index (χ4v) is 2.04.